The van der Waals surface area contributed by atoms with Crippen molar-refractivity contribution in [2.45, 2.75) is 56.9 Å². The van der Waals surface area contributed by atoms with Gasteiger partial charge < -0.3 is 14.4 Å². The molecule has 0 aromatic carbocycles. The van der Waals surface area contributed by atoms with E-state index in [-0.39, 0.29) is 17.7 Å². The number of hydrogen-bond donors (Lipinski definition) is 2. The van der Waals surface area contributed by atoms with Crippen LogP contribution in [0.25, 0.3) is 0 Å². The van der Waals surface area contributed by atoms with E-state index in [4.69, 9.17) is 4.74 Å². The minimum atomic E-state index is -3.73. The van der Waals surface area contributed by atoms with E-state index < -0.39 is 15.6 Å². The molecule has 0 bridgehead atoms. The summed E-state index contributed by atoms with van der Waals surface area (Å²) in [6.07, 6.45) is 2.46. The van der Waals surface area contributed by atoms with Gasteiger partial charge in [0, 0.05) is 32.3 Å². The first-order valence-electron chi connectivity index (χ1n) is 7.16. The highest BCUT2D eigenvalue weighted by atomic mass is 32.2. The van der Waals surface area contributed by atoms with Crippen LogP contribution in [0.15, 0.2) is 11.2 Å². The Labute approximate surface area is 125 Å². The number of rotatable bonds is 6. The molecule has 0 aliphatic carbocycles. The summed E-state index contributed by atoms with van der Waals surface area (Å²) < 4.78 is 34.1. The molecule has 1 fully saturated rings. The summed E-state index contributed by atoms with van der Waals surface area (Å²) in [6.45, 7) is 6.61. The van der Waals surface area contributed by atoms with Crippen molar-refractivity contribution in [3.05, 3.63) is 12.0 Å². The van der Waals surface area contributed by atoms with E-state index >= 15 is 0 Å². The summed E-state index contributed by atoms with van der Waals surface area (Å²) in [4.78, 5) is 4.09. The van der Waals surface area contributed by atoms with Crippen LogP contribution < -0.4 is 4.72 Å². The van der Waals surface area contributed by atoms with Crippen molar-refractivity contribution in [3.8, 4) is 0 Å². The summed E-state index contributed by atoms with van der Waals surface area (Å²) in [7, 11) is -3.73. The molecule has 1 aliphatic rings. The Morgan fingerprint density at radius 3 is 2.90 bits per heavy atom. The Morgan fingerprint density at radius 2 is 2.33 bits per heavy atom. The number of ether oxygens (including phenoxy) is 1. The number of hydrogen-bond acceptors (Lipinski definition) is 5. The van der Waals surface area contributed by atoms with E-state index in [0.29, 0.717) is 18.9 Å². The lowest BCUT2D eigenvalue weighted by atomic mass is 9.97. The van der Waals surface area contributed by atoms with E-state index in [0.717, 1.165) is 13.0 Å². The second-order valence-electron chi connectivity index (χ2n) is 5.51. The van der Waals surface area contributed by atoms with Gasteiger partial charge in [-0.3, -0.25) is 0 Å². The molecule has 2 rings (SSSR count). The maximum Gasteiger partial charge on any atom is 0.259 e. The lowest BCUT2D eigenvalue weighted by Crippen LogP contribution is -2.47. The largest absolute Gasteiger partial charge is 0.386 e. The van der Waals surface area contributed by atoms with Crippen LogP contribution >= 0.6 is 0 Å². The maximum absolute atomic E-state index is 12.3. The Kier molecular flexibility index (Phi) is 4.72. The van der Waals surface area contributed by atoms with E-state index in [1.54, 1.807) is 13.8 Å². The molecule has 2 unspecified atom stereocenters. The number of aliphatic hydroxyl groups is 1. The van der Waals surface area contributed by atoms with Gasteiger partial charge >= 0.3 is 0 Å². The summed E-state index contributed by atoms with van der Waals surface area (Å²) in [5.41, 5.74) is -1.16. The van der Waals surface area contributed by atoms with Crippen molar-refractivity contribution in [3.63, 3.8) is 0 Å². The van der Waals surface area contributed by atoms with Gasteiger partial charge in [0.1, 0.15) is 11.4 Å². The van der Waals surface area contributed by atoms with Crippen LogP contribution in [0.2, 0.25) is 0 Å². The van der Waals surface area contributed by atoms with Crippen molar-refractivity contribution < 1.29 is 18.3 Å². The van der Waals surface area contributed by atoms with E-state index in [1.165, 1.54) is 6.20 Å². The predicted molar refractivity (Wildman–Crippen MR) is 77.4 cm³/mol. The number of aromatic nitrogens is 2. The number of sulfonamides is 1. The smallest absolute Gasteiger partial charge is 0.259 e. The van der Waals surface area contributed by atoms with Crippen LogP contribution in [-0.2, 0) is 21.3 Å². The summed E-state index contributed by atoms with van der Waals surface area (Å²) in [6, 6.07) is 0. The van der Waals surface area contributed by atoms with Crippen molar-refractivity contribution >= 4 is 10.0 Å². The van der Waals surface area contributed by atoms with E-state index in [9.17, 15) is 13.5 Å². The highest BCUT2D eigenvalue weighted by molar-refractivity contribution is 7.89. The molecule has 0 radical (unpaired) electrons. The molecule has 1 aromatic heterocycles. The predicted octanol–water partition coefficient (Wildman–Crippen LogP) is 0.420. The molecule has 2 heterocycles. The third-order valence-electron chi connectivity index (χ3n) is 3.92. The van der Waals surface area contributed by atoms with Crippen LogP contribution in [0.5, 0.6) is 0 Å². The summed E-state index contributed by atoms with van der Waals surface area (Å²) in [5, 5.41) is 10.3. The normalized spacial score (nSPS) is 26.4. The zero-order valence-electron chi connectivity index (χ0n) is 12.7. The van der Waals surface area contributed by atoms with Crippen LogP contribution in [0.1, 0.15) is 32.5 Å². The first-order valence-corrected chi connectivity index (χ1v) is 8.64. The molecule has 0 amide bonds. The standard InChI is InChI=1S/C13H23N3O4S/c1-4-6-16-8-12(15-11(16)3)21(18,19)14-9-13(17)5-7-20-10(13)2/h8,10,14,17H,4-7,9H2,1-3H3. The number of imidazole rings is 1. The van der Waals surface area contributed by atoms with Gasteiger partial charge in [0.15, 0.2) is 5.03 Å². The first-order chi connectivity index (χ1) is 9.78. The Balaban J connectivity index is 2.10. The van der Waals surface area contributed by atoms with E-state index in [2.05, 4.69) is 9.71 Å². The Morgan fingerprint density at radius 1 is 1.62 bits per heavy atom. The van der Waals surface area contributed by atoms with E-state index in [1.807, 2.05) is 11.5 Å². The zero-order valence-corrected chi connectivity index (χ0v) is 13.5. The second-order valence-corrected chi connectivity index (χ2v) is 7.22. The quantitative estimate of drug-likeness (QED) is 0.793. The molecule has 0 spiro atoms. The lowest BCUT2D eigenvalue weighted by Gasteiger charge is -2.25. The Bertz CT molecular complexity index is 599. The van der Waals surface area contributed by atoms with Gasteiger partial charge in [-0.15, -0.1) is 0 Å². The molecule has 21 heavy (non-hydrogen) atoms. The number of aryl methyl sites for hydroxylation is 2. The molecule has 1 aromatic rings. The molecule has 120 valence electrons. The van der Waals surface area contributed by atoms with Gasteiger partial charge in [0.25, 0.3) is 10.0 Å². The molecule has 0 saturated carbocycles. The number of nitrogens with one attached hydrogen (secondary N) is 1. The SMILES string of the molecule is CCCn1cc(S(=O)(=O)NCC2(O)CCOC2C)nc1C. The molecular formula is C13H23N3O4S. The van der Waals surface area contributed by atoms with Crippen molar-refractivity contribution in [1.29, 1.82) is 0 Å². The monoisotopic (exact) mass is 317 g/mol. The van der Waals surface area contributed by atoms with Crippen molar-refractivity contribution in [2.24, 2.45) is 0 Å². The maximum atomic E-state index is 12.3. The fourth-order valence-corrected chi connectivity index (χ4v) is 3.48. The number of nitrogens with zero attached hydrogens (tertiary/aromatic N) is 2. The summed E-state index contributed by atoms with van der Waals surface area (Å²) in [5.74, 6) is 0.661. The van der Waals surface area contributed by atoms with Gasteiger partial charge in [-0.2, -0.15) is 0 Å². The molecule has 1 aliphatic heterocycles. The fraction of sp³-hybridized carbons (Fsp3) is 0.769. The second kappa shape index (κ2) is 6.04. The Hall–Kier alpha value is -0.960. The molecule has 2 atom stereocenters. The lowest BCUT2D eigenvalue weighted by molar-refractivity contribution is -0.0228. The van der Waals surface area contributed by atoms with Gasteiger partial charge in [-0.25, -0.2) is 18.1 Å². The summed E-state index contributed by atoms with van der Waals surface area (Å²) >= 11 is 0. The molecule has 1 saturated heterocycles. The van der Waals surface area contributed by atoms with Crippen LogP contribution in [0, 0.1) is 6.92 Å². The van der Waals surface area contributed by atoms with Crippen LogP contribution in [0.4, 0.5) is 0 Å². The third-order valence-corrected chi connectivity index (χ3v) is 5.19. The minimum absolute atomic E-state index is 0.0105. The van der Waals surface area contributed by atoms with Crippen molar-refractivity contribution in [1.82, 2.24) is 14.3 Å². The highest BCUT2D eigenvalue weighted by Gasteiger charge is 2.40. The van der Waals surface area contributed by atoms with Gasteiger partial charge in [0.05, 0.1) is 6.10 Å². The highest BCUT2D eigenvalue weighted by Crippen LogP contribution is 2.25. The van der Waals surface area contributed by atoms with Crippen molar-refractivity contribution in [2.75, 3.05) is 13.2 Å². The third kappa shape index (κ3) is 3.45. The molecule has 7 nitrogen and oxygen atoms in total. The molecular weight excluding hydrogens is 294 g/mol. The average molecular weight is 317 g/mol. The minimum Gasteiger partial charge on any atom is -0.386 e. The van der Waals surface area contributed by atoms with Gasteiger partial charge in [0.2, 0.25) is 0 Å². The van der Waals surface area contributed by atoms with Gasteiger partial charge in [-0.1, -0.05) is 6.92 Å². The first kappa shape index (κ1) is 16.4. The fourth-order valence-electron chi connectivity index (χ4n) is 2.37. The molecule has 2 N–H and O–H groups in total. The van der Waals surface area contributed by atoms with Gasteiger partial charge in [-0.05, 0) is 20.3 Å². The van der Waals surface area contributed by atoms with Crippen LogP contribution in [0.3, 0.4) is 0 Å². The van der Waals surface area contributed by atoms with Crippen LogP contribution in [-0.4, -0.2) is 47.9 Å². The topological polar surface area (TPSA) is 93.5 Å². The average Bonchev–Trinajstić information content (AvgIpc) is 2.94. The zero-order chi connectivity index (χ0) is 15.7. The molecule has 8 heteroatoms.